The largest absolute Gasteiger partial charge is 0.493 e. The number of nitrogens with one attached hydrogen (secondary N) is 1. The number of anilines is 1. The Morgan fingerprint density at radius 1 is 1.17 bits per heavy atom. The van der Waals surface area contributed by atoms with Crippen LogP contribution in [0.5, 0.6) is 5.75 Å². The maximum atomic E-state index is 12.6. The van der Waals surface area contributed by atoms with Crippen LogP contribution >= 0.6 is 0 Å². The Morgan fingerprint density at radius 3 is 2.83 bits per heavy atom. The second kappa shape index (κ2) is 7.17. The summed E-state index contributed by atoms with van der Waals surface area (Å²) in [5.41, 5.74) is 2.48. The number of benzene rings is 2. The fourth-order valence-corrected chi connectivity index (χ4v) is 2.90. The van der Waals surface area contributed by atoms with Gasteiger partial charge in [0.2, 0.25) is 5.91 Å². The van der Waals surface area contributed by atoms with E-state index in [9.17, 15) is 9.59 Å². The molecule has 124 valence electrons. The number of fused-ring (bicyclic) bond motifs is 1. The fraction of sp³-hybridized carbons (Fsp3) is 0.263. The lowest BCUT2D eigenvalue weighted by Gasteiger charge is -2.25. The fourth-order valence-electron chi connectivity index (χ4n) is 2.90. The Hall–Kier alpha value is -2.82. The molecule has 1 amide bonds. The van der Waals surface area contributed by atoms with Crippen LogP contribution in [-0.4, -0.2) is 23.6 Å². The summed E-state index contributed by atoms with van der Waals surface area (Å²) in [4.78, 5) is 23.3. The number of amides is 1. The SMILES string of the molecule is O=C(O)CCc1cccc(NC(=O)C2CCOc3ccccc32)c1. The van der Waals surface area contributed by atoms with Gasteiger partial charge in [-0.2, -0.15) is 0 Å². The number of aryl methyl sites for hydroxylation is 1. The van der Waals surface area contributed by atoms with Crippen LogP contribution in [0.25, 0.3) is 0 Å². The Bertz CT molecular complexity index is 757. The van der Waals surface area contributed by atoms with E-state index >= 15 is 0 Å². The molecule has 0 radical (unpaired) electrons. The normalized spacial score (nSPS) is 15.9. The van der Waals surface area contributed by atoms with E-state index in [1.54, 1.807) is 0 Å². The van der Waals surface area contributed by atoms with Gasteiger partial charge in [-0.05, 0) is 36.6 Å². The highest BCUT2D eigenvalue weighted by Crippen LogP contribution is 2.34. The van der Waals surface area contributed by atoms with Gasteiger partial charge in [-0.1, -0.05) is 30.3 Å². The quantitative estimate of drug-likeness (QED) is 0.885. The third-order valence-corrected chi connectivity index (χ3v) is 4.10. The van der Waals surface area contributed by atoms with E-state index in [0.29, 0.717) is 25.1 Å². The third-order valence-electron chi connectivity index (χ3n) is 4.10. The molecule has 3 rings (SSSR count). The van der Waals surface area contributed by atoms with E-state index in [4.69, 9.17) is 9.84 Å². The summed E-state index contributed by atoms with van der Waals surface area (Å²) in [5.74, 6) is -0.374. The summed E-state index contributed by atoms with van der Waals surface area (Å²) in [6.07, 6.45) is 1.16. The highest BCUT2D eigenvalue weighted by molar-refractivity contribution is 5.96. The van der Waals surface area contributed by atoms with Crippen molar-refractivity contribution < 1.29 is 19.4 Å². The van der Waals surface area contributed by atoms with Gasteiger partial charge in [0.1, 0.15) is 5.75 Å². The van der Waals surface area contributed by atoms with Gasteiger partial charge in [0.15, 0.2) is 0 Å². The Balaban J connectivity index is 1.72. The maximum Gasteiger partial charge on any atom is 0.303 e. The summed E-state index contributed by atoms with van der Waals surface area (Å²) in [5, 5.41) is 11.7. The number of para-hydroxylation sites is 1. The second-order valence-electron chi connectivity index (χ2n) is 5.81. The van der Waals surface area contributed by atoms with E-state index in [1.807, 2.05) is 48.5 Å². The van der Waals surface area contributed by atoms with Gasteiger partial charge in [0.25, 0.3) is 0 Å². The minimum atomic E-state index is -0.830. The van der Waals surface area contributed by atoms with Crippen molar-refractivity contribution in [3.05, 3.63) is 59.7 Å². The highest BCUT2D eigenvalue weighted by atomic mass is 16.5. The molecule has 1 aliphatic heterocycles. The van der Waals surface area contributed by atoms with Gasteiger partial charge in [-0.25, -0.2) is 0 Å². The molecule has 1 atom stereocenters. The van der Waals surface area contributed by atoms with E-state index < -0.39 is 5.97 Å². The van der Waals surface area contributed by atoms with Crippen LogP contribution in [-0.2, 0) is 16.0 Å². The molecule has 0 aromatic heterocycles. The predicted octanol–water partition coefficient (Wildman–Crippen LogP) is 3.21. The molecule has 0 bridgehead atoms. The van der Waals surface area contributed by atoms with Crippen molar-refractivity contribution in [1.29, 1.82) is 0 Å². The van der Waals surface area contributed by atoms with Gasteiger partial charge in [-0.15, -0.1) is 0 Å². The number of carboxylic acid groups (broad SMARTS) is 1. The van der Waals surface area contributed by atoms with Crippen molar-refractivity contribution in [2.45, 2.75) is 25.2 Å². The summed E-state index contributed by atoms with van der Waals surface area (Å²) >= 11 is 0. The summed E-state index contributed by atoms with van der Waals surface area (Å²) < 4.78 is 5.59. The first-order valence-corrected chi connectivity index (χ1v) is 7.97. The first-order chi connectivity index (χ1) is 11.6. The number of carbonyl (C=O) groups excluding carboxylic acids is 1. The Labute approximate surface area is 140 Å². The molecule has 2 aromatic rings. The van der Waals surface area contributed by atoms with Crippen molar-refractivity contribution >= 4 is 17.6 Å². The van der Waals surface area contributed by atoms with Gasteiger partial charge < -0.3 is 15.2 Å². The number of hydrogen-bond donors (Lipinski definition) is 2. The van der Waals surface area contributed by atoms with Crippen molar-refractivity contribution in [3.8, 4) is 5.75 Å². The lowest BCUT2D eigenvalue weighted by Crippen LogP contribution is -2.26. The van der Waals surface area contributed by atoms with E-state index in [-0.39, 0.29) is 18.2 Å². The highest BCUT2D eigenvalue weighted by Gasteiger charge is 2.27. The van der Waals surface area contributed by atoms with Crippen LogP contribution < -0.4 is 10.1 Å². The van der Waals surface area contributed by atoms with Crippen LogP contribution in [0.2, 0.25) is 0 Å². The van der Waals surface area contributed by atoms with Crippen LogP contribution in [0, 0.1) is 0 Å². The molecular formula is C19H19NO4. The summed E-state index contributed by atoms with van der Waals surface area (Å²) in [6, 6.07) is 14.9. The molecule has 2 N–H and O–H groups in total. The molecule has 1 heterocycles. The minimum Gasteiger partial charge on any atom is -0.493 e. The zero-order valence-electron chi connectivity index (χ0n) is 13.2. The van der Waals surface area contributed by atoms with Gasteiger partial charge >= 0.3 is 5.97 Å². The first kappa shape index (κ1) is 16.1. The average Bonchev–Trinajstić information content (AvgIpc) is 2.60. The van der Waals surface area contributed by atoms with Gasteiger partial charge in [0, 0.05) is 17.7 Å². The molecule has 1 aliphatic rings. The maximum absolute atomic E-state index is 12.6. The molecule has 0 spiro atoms. The van der Waals surface area contributed by atoms with Crippen molar-refractivity contribution in [1.82, 2.24) is 0 Å². The van der Waals surface area contributed by atoms with Crippen molar-refractivity contribution in [2.24, 2.45) is 0 Å². The second-order valence-corrected chi connectivity index (χ2v) is 5.81. The lowest BCUT2D eigenvalue weighted by molar-refractivity contribution is -0.137. The van der Waals surface area contributed by atoms with Crippen molar-refractivity contribution in [2.75, 3.05) is 11.9 Å². The Morgan fingerprint density at radius 2 is 2.00 bits per heavy atom. The van der Waals surface area contributed by atoms with E-state index in [0.717, 1.165) is 16.9 Å². The average molecular weight is 325 g/mol. The van der Waals surface area contributed by atoms with E-state index in [2.05, 4.69) is 5.32 Å². The number of ether oxygens (including phenoxy) is 1. The predicted molar refractivity (Wildman–Crippen MR) is 90.3 cm³/mol. The van der Waals surface area contributed by atoms with Crippen LogP contribution in [0.3, 0.4) is 0 Å². The molecular weight excluding hydrogens is 306 g/mol. The monoisotopic (exact) mass is 325 g/mol. The number of carboxylic acids is 1. The Kier molecular flexibility index (Phi) is 4.79. The standard InChI is InChI=1S/C19H19NO4/c21-18(22)9-8-13-4-3-5-14(12-13)20-19(23)16-10-11-24-17-7-2-1-6-15(16)17/h1-7,12,16H,8-11H2,(H,20,23)(H,21,22). The number of aliphatic carboxylic acids is 1. The molecule has 24 heavy (non-hydrogen) atoms. The molecule has 2 aromatic carbocycles. The topological polar surface area (TPSA) is 75.6 Å². The van der Waals surface area contributed by atoms with Crippen LogP contribution in [0.15, 0.2) is 48.5 Å². The smallest absolute Gasteiger partial charge is 0.303 e. The van der Waals surface area contributed by atoms with Crippen LogP contribution in [0.1, 0.15) is 29.9 Å². The molecule has 5 nitrogen and oxygen atoms in total. The third kappa shape index (κ3) is 3.74. The summed E-state index contributed by atoms with van der Waals surface area (Å²) in [7, 11) is 0. The van der Waals surface area contributed by atoms with Crippen LogP contribution in [0.4, 0.5) is 5.69 Å². The molecule has 1 unspecified atom stereocenters. The first-order valence-electron chi connectivity index (χ1n) is 7.97. The molecule has 0 saturated carbocycles. The van der Waals surface area contributed by atoms with E-state index in [1.165, 1.54) is 0 Å². The molecule has 0 saturated heterocycles. The molecule has 0 aliphatic carbocycles. The molecule has 0 fully saturated rings. The minimum absolute atomic E-state index is 0.0684. The lowest BCUT2D eigenvalue weighted by atomic mass is 9.92. The number of hydrogen-bond acceptors (Lipinski definition) is 3. The molecule has 5 heteroatoms. The number of rotatable bonds is 5. The number of carbonyl (C=O) groups is 2. The van der Waals surface area contributed by atoms with Gasteiger partial charge in [0.05, 0.1) is 12.5 Å². The summed E-state index contributed by atoms with van der Waals surface area (Å²) in [6.45, 7) is 0.522. The zero-order chi connectivity index (χ0) is 16.9. The zero-order valence-corrected chi connectivity index (χ0v) is 13.2. The van der Waals surface area contributed by atoms with Crippen molar-refractivity contribution in [3.63, 3.8) is 0 Å². The van der Waals surface area contributed by atoms with Gasteiger partial charge in [-0.3, -0.25) is 9.59 Å².